The highest BCUT2D eigenvalue weighted by atomic mass is 16.1. The van der Waals surface area contributed by atoms with Crippen molar-refractivity contribution in [2.75, 3.05) is 5.73 Å². The number of carbonyl (C=O) groups excluding carboxylic acids is 1. The zero-order chi connectivity index (χ0) is 13.0. The summed E-state index contributed by atoms with van der Waals surface area (Å²) < 4.78 is 0. The molecular weight excluding hydrogens is 222 g/mol. The number of rotatable bonds is 1. The molecule has 0 radical (unpaired) electrons. The minimum atomic E-state index is 0.0572. The molecule has 0 spiro atoms. The van der Waals surface area contributed by atoms with Crippen LogP contribution in [0.4, 0.5) is 5.69 Å². The fraction of sp³-hybridized carbons (Fsp3) is 0.0625. The Morgan fingerprint density at radius 3 is 2.28 bits per heavy atom. The maximum atomic E-state index is 11.1. The molecule has 2 rings (SSSR count). The van der Waals surface area contributed by atoms with Crippen LogP contribution >= 0.6 is 0 Å². The van der Waals surface area contributed by atoms with E-state index in [0.29, 0.717) is 11.3 Å². The maximum absolute atomic E-state index is 11.1. The van der Waals surface area contributed by atoms with E-state index in [4.69, 9.17) is 5.73 Å². The van der Waals surface area contributed by atoms with Crippen LogP contribution in [0.2, 0.25) is 0 Å². The first-order chi connectivity index (χ1) is 8.66. The first-order valence-corrected chi connectivity index (χ1v) is 5.64. The highest BCUT2D eigenvalue weighted by Crippen LogP contribution is 2.09. The summed E-state index contributed by atoms with van der Waals surface area (Å²) in [5.74, 6) is 6.10. The van der Waals surface area contributed by atoms with E-state index in [1.165, 1.54) is 0 Å². The molecule has 0 aliphatic carbocycles. The second-order valence-electron chi connectivity index (χ2n) is 3.97. The molecule has 0 saturated carbocycles. The highest BCUT2D eigenvalue weighted by Gasteiger charge is 1.97. The van der Waals surface area contributed by atoms with Gasteiger partial charge in [-0.25, -0.2) is 0 Å². The molecule has 2 heteroatoms. The Balaban J connectivity index is 2.25. The van der Waals surface area contributed by atoms with Crippen LogP contribution in [0.5, 0.6) is 0 Å². The SMILES string of the molecule is CC(=O)c1ccc(C#Cc2ccccc2N)cc1. The van der Waals surface area contributed by atoms with Gasteiger partial charge in [0.1, 0.15) is 0 Å². The number of nitrogens with two attached hydrogens (primary N) is 1. The Labute approximate surface area is 106 Å². The lowest BCUT2D eigenvalue weighted by atomic mass is 10.1. The fourth-order valence-corrected chi connectivity index (χ4v) is 1.54. The molecule has 0 atom stereocenters. The lowest BCUT2D eigenvalue weighted by Gasteiger charge is -1.96. The summed E-state index contributed by atoms with van der Waals surface area (Å²) in [6.07, 6.45) is 0. The number of Topliss-reactive ketones (excluding diaryl/α,β-unsaturated/α-hetero) is 1. The molecule has 0 fully saturated rings. The minimum Gasteiger partial charge on any atom is -0.398 e. The number of hydrogen-bond acceptors (Lipinski definition) is 2. The molecule has 0 aliphatic rings. The molecule has 0 heterocycles. The largest absolute Gasteiger partial charge is 0.398 e. The van der Waals surface area contributed by atoms with Crippen LogP contribution in [-0.4, -0.2) is 5.78 Å². The highest BCUT2D eigenvalue weighted by molar-refractivity contribution is 5.94. The van der Waals surface area contributed by atoms with Crippen LogP contribution in [0.25, 0.3) is 0 Å². The molecule has 2 nitrogen and oxygen atoms in total. The first kappa shape index (κ1) is 11.9. The average molecular weight is 235 g/mol. The fourth-order valence-electron chi connectivity index (χ4n) is 1.54. The molecule has 18 heavy (non-hydrogen) atoms. The molecule has 2 aromatic carbocycles. The molecule has 0 bridgehead atoms. The Kier molecular flexibility index (Phi) is 3.45. The quantitative estimate of drug-likeness (QED) is 0.469. The number of nitrogen functional groups attached to an aromatic ring is 1. The smallest absolute Gasteiger partial charge is 0.159 e. The normalized spacial score (nSPS) is 9.39. The van der Waals surface area contributed by atoms with E-state index < -0.39 is 0 Å². The molecule has 2 N–H and O–H groups in total. The molecule has 0 saturated heterocycles. The van der Waals surface area contributed by atoms with Crippen molar-refractivity contribution in [1.82, 2.24) is 0 Å². The zero-order valence-electron chi connectivity index (χ0n) is 10.1. The average Bonchev–Trinajstić information content (AvgIpc) is 2.38. The van der Waals surface area contributed by atoms with E-state index >= 15 is 0 Å². The third-order valence-electron chi connectivity index (χ3n) is 2.59. The molecular formula is C16H13NO. The van der Waals surface area contributed by atoms with Gasteiger partial charge in [-0.05, 0) is 31.2 Å². The van der Waals surface area contributed by atoms with Gasteiger partial charge in [0.15, 0.2) is 5.78 Å². The number of benzene rings is 2. The van der Waals surface area contributed by atoms with Crippen molar-refractivity contribution in [3.63, 3.8) is 0 Å². The zero-order valence-corrected chi connectivity index (χ0v) is 10.1. The van der Waals surface area contributed by atoms with Gasteiger partial charge in [-0.15, -0.1) is 0 Å². The van der Waals surface area contributed by atoms with Crippen molar-refractivity contribution in [2.45, 2.75) is 6.92 Å². The lowest BCUT2D eigenvalue weighted by Crippen LogP contribution is -1.91. The van der Waals surface area contributed by atoms with Gasteiger partial charge >= 0.3 is 0 Å². The van der Waals surface area contributed by atoms with Gasteiger partial charge in [0, 0.05) is 22.4 Å². The Morgan fingerprint density at radius 2 is 1.67 bits per heavy atom. The summed E-state index contributed by atoms with van der Waals surface area (Å²) in [6.45, 7) is 1.55. The summed E-state index contributed by atoms with van der Waals surface area (Å²) in [6, 6.07) is 14.7. The Morgan fingerprint density at radius 1 is 1.00 bits per heavy atom. The molecule has 0 aliphatic heterocycles. The van der Waals surface area contributed by atoms with Gasteiger partial charge in [-0.1, -0.05) is 36.1 Å². The summed E-state index contributed by atoms with van der Waals surface area (Å²) >= 11 is 0. The monoisotopic (exact) mass is 235 g/mol. The van der Waals surface area contributed by atoms with Crippen LogP contribution in [0.15, 0.2) is 48.5 Å². The summed E-state index contributed by atoms with van der Waals surface area (Å²) in [4.78, 5) is 11.1. The van der Waals surface area contributed by atoms with Crippen LogP contribution < -0.4 is 5.73 Å². The molecule has 2 aromatic rings. The number of carbonyl (C=O) groups is 1. The van der Waals surface area contributed by atoms with Gasteiger partial charge in [0.2, 0.25) is 0 Å². The van der Waals surface area contributed by atoms with E-state index in [2.05, 4.69) is 11.8 Å². The van der Waals surface area contributed by atoms with Crippen molar-refractivity contribution in [3.05, 3.63) is 65.2 Å². The Hall–Kier alpha value is -2.53. The third-order valence-corrected chi connectivity index (χ3v) is 2.59. The van der Waals surface area contributed by atoms with E-state index in [9.17, 15) is 4.79 Å². The minimum absolute atomic E-state index is 0.0572. The number of ketones is 1. The van der Waals surface area contributed by atoms with Crippen molar-refractivity contribution in [2.24, 2.45) is 0 Å². The predicted molar refractivity (Wildman–Crippen MR) is 73.3 cm³/mol. The summed E-state index contributed by atoms with van der Waals surface area (Å²) in [5, 5.41) is 0. The van der Waals surface area contributed by atoms with Gasteiger partial charge in [0.25, 0.3) is 0 Å². The topological polar surface area (TPSA) is 43.1 Å². The van der Waals surface area contributed by atoms with Crippen LogP contribution in [0.3, 0.4) is 0 Å². The van der Waals surface area contributed by atoms with Crippen molar-refractivity contribution in [1.29, 1.82) is 0 Å². The summed E-state index contributed by atoms with van der Waals surface area (Å²) in [7, 11) is 0. The van der Waals surface area contributed by atoms with E-state index in [1.807, 2.05) is 36.4 Å². The molecule has 88 valence electrons. The van der Waals surface area contributed by atoms with Crippen LogP contribution in [0.1, 0.15) is 28.4 Å². The third kappa shape index (κ3) is 2.78. The van der Waals surface area contributed by atoms with Crippen molar-refractivity contribution < 1.29 is 4.79 Å². The number of para-hydroxylation sites is 1. The van der Waals surface area contributed by atoms with Crippen molar-refractivity contribution >= 4 is 11.5 Å². The van der Waals surface area contributed by atoms with Gasteiger partial charge in [-0.2, -0.15) is 0 Å². The van der Waals surface area contributed by atoms with Crippen molar-refractivity contribution in [3.8, 4) is 11.8 Å². The lowest BCUT2D eigenvalue weighted by molar-refractivity contribution is 0.101. The Bertz CT molecular complexity index is 630. The first-order valence-electron chi connectivity index (χ1n) is 5.64. The van der Waals surface area contributed by atoms with E-state index in [-0.39, 0.29) is 5.78 Å². The van der Waals surface area contributed by atoms with Crippen LogP contribution in [0, 0.1) is 11.8 Å². The number of hydrogen-bond donors (Lipinski definition) is 1. The molecule has 0 amide bonds. The predicted octanol–water partition coefficient (Wildman–Crippen LogP) is 2.87. The van der Waals surface area contributed by atoms with Gasteiger partial charge in [-0.3, -0.25) is 4.79 Å². The number of anilines is 1. The maximum Gasteiger partial charge on any atom is 0.159 e. The molecule has 0 aromatic heterocycles. The van der Waals surface area contributed by atoms with E-state index in [1.54, 1.807) is 19.1 Å². The van der Waals surface area contributed by atoms with E-state index in [0.717, 1.165) is 11.1 Å². The second-order valence-corrected chi connectivity index (χ2v) is 3.97. The summed E-state index contributed by atoms with van der Waals surface area (Å²) in [5.41, 5.74) is 8.84. The standard InChI is InChI=1S/C16H13NO/c1-12(18)14-9-6-13(7-10-14)8-11-15-4-2-3-5-16(15)17/h2-7,9-10H,17H2,1H3. The van der Waals surface area contributed by atoms with Crippen LogP contribution in [-0.2, 0) is 0 Å². The second kappa shape index (κ2) is 5.20. The van der Waals surface area contributed by atoms with Gasteiger partial charge < -0.3 is 5.73 Å². The van der Waals surface area contributed by atoms with Gasteiger partial charge in [0.05, 0.1) is 0 Å². The molecule has 0 unspecified atom stereocenters.